The lowest BCUT2D eigenvalue weighted by molar-refractivity contribution is 0.557. The molecule has 3 nitrogen and oxygen atoms in total. The summed E-state index contributed by atoms with van der Waals surface area (Å²) < 4.78 is 5.35. The Labute approximate surface area is 83.1 Å². The highest BCUT2D eigenvalue weighted by Crippen LogP contribution is 2.18. The summed E-state index contributed by atoms with van der Waals surface area (Å²) in [6.45, 7) is 0. The highest BCUT2D eigenvalue weighted by atomic mass is 79.9. The van der Waals surface area contributed by atoms with Crippen LogP contribution in [-0.4, -0.2) is 4.98 Å². The first-order valence-corrected chi connectivity index (χ1v) is 4.81. The fourth-order valence-corrected chi connectivity index (χ4v) is 1.34. The van der Waals surface area contributed by atoms with Gasteiger partial charge in [-0.25, -0.2) is 4.98 Å². The summed E-state index contributed by atoms with van der Waals surface area (Å²) in [6, 6.07) is 7.24. The maximum Gasteiger partial charge on any atom is 0.206 e. The molecule has 0 amide bonds. The van der Waals surface area contributed by atoms with E-state index in [1.165, 1.54) is 0 Å². The van der Waals surface area contributed by atoms with Gasteiger partial charge in [0.05, 0.1) is 17.0 Å². The minimum atomic E-state index is 0.587. The summed E-state index contributed by atoms with van der Waals surface area (Å²) >= 11 is 3.25. The van der Waals surface area contributed by atoms with Gasteiger partial charge < -0.3 is 4.42 Å². The molecule has 0 aliphatic heterocycles. The van der Waals surface area contributed by atoms with E-state index in [-0.39, 0.29) is 0 Å². The summed E-state index contributed by atoms with van der Waals surface area (Å²) in [6.07, 6.45) is 0. The number of rotatable bonds is 1. The Hall–Kier alpha value is -1.34. The Bertz CT molecular complexity index is 484. The number of benzene rings is 1. The third kappa shape index (κ3) is 1.43. The van der Waals surface area contributed by atoms with Crippen LogP contribution in [0.5, 0.6) is 0 Å². The first kappa shape index (κ1) is 8.27. The molecule has 1 aromatic heterocycles. The zero-order chi connectivity index (χ0) is 9.26. The quantitative estimate of drug-likeness (QED) is 0.716. The van der Waals surface area contributed by atoms with Gasteiger partial charge in [0.2, 0.25) is 5.89 Å². The van der Waals surface area contributed by atoms with Gasteiger partial charge >= 0.3 is 0 Å². The van der Waals surface area contributed by atoms with E-state index in [0.717, 1.165) is 5.52 Å². The third-order valence-electron chi connectivity index (χ3n) is 1.68. The minimum absolute atomic E-state index is 0.587. The highest BCUT2D eigenvalue weighted by molar-refractivity contribution is 9.08. The lowest BCUT2D eigenvalue weighted by atomic mass is 10.2. The fourth-order valence-electron chi connectivity index (χ4n) is 1.10. The molecule has 0 aliphatic rings. The van der Waals surface area contributed by atoms with Crippen LogP contribution >= 0.6 is 15.9 Å². The Kier molecular flexibility index (Phi) is 2.03. The number of nitrogens with zero attached hydrogens (tertiary/aromatic N) is 2. The summed E-state index contributed by atoms with van der Waals surface area (Å²) in [5, 5.41) is 9.23. The van der Waals surface area contributed by atoms with Crippen molar-refractivity contribution in [3.63, 3.8) is 0 Å². The number of alkyl halides is 1. The van der Waals surface area contributed by atoms with Crippen molar-refractivity contribution in [1.29, 1.82) is 5.26 Å². The van der Waals surface area contributed by atoms with Crippen molar-refractivity contribution in [1.82, 2.24) is 4.98 Å². The van der Waals surface area contributed by atoms with Gasteiger partial charge in [-0.3, -0.25) is 0 Å². The highest BCUT2D eigenvalue weighted by Gasteiger charge is 2.04. The molecule has 0 aliphatic carbocycles. The number of hydrogen-bond donors (Lipinski definition) is 0. The monoisotopic (exact) mass is 236 g/mol. The molecule has 2 rings (SSSR count). The third-order valence-corrected chi connectivity index (χ3v) is 2.15. The van der Waals surface area contributed by atoms with Crippen LogP contribution in [0.1, 0.15) is 11.5 Å². The Morgan fingerprint density at radius 1 is 1.54 bits per heavy atom. The van der Waals surface area contributed by atoms with Crippen LogP contribution in [0.2, 0.25) is 0 Å². The maximum atomic E-state index is 8.64. The number of halogens is 1. The van der Waals surface area contributed by atoms with Gasteiger partial charge in [0, 0.05) is 0 Å². The van der Waals surface area contributed by atoms with E-state index >= 15 is 0 Å². The molecular formula is C9H5BrN2O. The largest absolute Gasteiger partial charge is 0.440 e. The number of fused-ring (bicyclic) bond motifs is 1. The van der Waals surface area contributed by atoms with Gasteiger partial charge in [0.1, 0.15) is 5.52 Å². The Balaban J connectivity index is 2.65. The SMILES string of the molecule is N#Cc1ccc2oc(CBr)nc2c1. The van der Waals surface area contributed by atoms with Crippen LogP contribution in [-0.2, 0) is 5.33 Å². The number of oxazole rings is 1. The van der Waals surface area contributed by atoms with Crippen molar-refractivity contribution in [3.8, 4) is 6.07 Å². The molecule has 1 heterocycles. The second-order valence-corrected chi connectivity index (χ2v) is 3.10. The van der Waals surface area contributed by atoms with Crippen LogP contribution in [0.4, 0.5) is 0 Å². The molecule has 0 N–H and O–H groups in total. The molecule has 2 aromatic rings. The van der Waals surface area contributed by atoms with Crippen molar-refractivity contribution in [3.05, 3.63) is 29.7 Å². The van der Waals surface area contributed by atoms with Gasteiger partial charge in [0.25, 0.3) is 0 Å². The van der Waals surface area contributed by atoms with Gasteiger partial charge in [-0.2, -0.15) is 5.26 Å². The Morgan fingerprint density at radius 3 is 3.08 bits per heavy atom. The molecule has 1 aromatic carbocycles. The van der Waals surface area contributed by atoms with E-state index < -0.39 is 0 Å². The van der Waals surface area contributed by atoms with Crippen molar-refractivity contribution >= 4 is 27.0 Å². The summed E-state index contributed by atoms with van der Waals surface area (Å²) in [7, 11) is 0. The zero-order valence-corrected chi connectivity index (χ0v) is 8.21. The van der Waals surface area contributed by atoms with Crippen molar-refractivity contribution in [2.24, 2.45) is 0 Å². The predicted molar refractivity (Wildman–Crippen MR) is 51.4 cm³/mol. The molecular weight excluding hydrogens is 232 g/mol. The predicted octanol–water partition coefficient (Wildman–Crippen LogP) is 2.59. The number of hydrogen-bond acceptors (Lipinski definition) is 3. The van der Waals surface area contributed by atoms with Crippen molar-refractivity contribution in [2.45, 2.75) is 5.33 Å². The average Bonchev–Trinajstić information content (AvgIpc) is 2.58. The van der Waals surface area contributed by atoms with Gasteiger partial charge in [-0.05, 0) is 18.2 Å². The van der Waals surface area contributed by atoms with Gasteiger partial charge in [-0.15, -0.1) is 0 Å². The number of aromatic nitrogens is 1. The van der Waals surface area contributed by atoms with Crippen LogP contribution in [0.15, 0.2) is 22.6 Å². The lowest BCUT2D eigenvalue weighted by Gasteiger charge is -1.85. The summed E-state index contributed by atoms with van der Waals surface area (Å²) in [5.74, 6) is 0.630. The molecule has 4 heteroatoms. The number of nitriles is 1. The van der Waals surface area contributed by atoms with Crippen LogP contribution in [0.3, 0.4) is 0 Å². The van der Waals surface area contributed by atoms with Gasteiger partial charge in [-0.1, -0.05) is 15.9 Å². The van der Waals surface area contributed by atoms with E-state index in [2.05, 4.69) is 27.0 Å². The molecule has 0 unspecified atom stereocenters. The smallest absolute Gasteiger partial charge is 0.206 e. The zero-order valence-electron chi connectivity index (χ0n) is 6.62. The minimum Gasteiger partial charge on any atom is -0.440 e. The van der Waals surface area contributed by atoms with E-state index in [1.54, 1.807) is 18.2 Å². The standard InChI is InChI=1S/C9H5BrN2O/c10-4-9-12-7-3-6(5-11)1-2-8(7)13-9/h1-3H,4H2. The van der Waals surface area contributed by atoms with E-state index in [1.807, 2.05) is 0 Å². The molecule has 0 atom stereocenters. The van der Waals surface area contributed by atoms with Crippen molar-refractivity contribution < 1.29 is 4.42 Å². The van der Waals surface area contributed by atoms with Gasteiger partial charge in [0.15, 0.2) is 5.58 Å². The second kappa shape index (κ2) is 3.19. The van der Waals surface area contributed by atoms with E-state index in [0.29, 0.717) is 22.4 Å². The van der Waals surface area contributed by atoms with Crippen molar-refractivity contribution in [2.75, 3.05) is 0 Å². The summed E-state index contributed by atoms with van der Waals surface area (Å²) in [5.41, 5.74) is 2.05. The molecule has 0 fully saturated rings. The first-order chi connectivity index (χ1) is 6.33. The summed E-state index contributed by atoms with van der Waals surface area (Å²) in [4.78, 5) is 4.18. The van der Waals surface area contributed by atoms with Crippen LogP contribution in [0.25, 0.3) is 11.1 Å². The molecule has 13 heavy (non-hydrogen) atoms. The normalized spacial score (nSPS) is 10.2. The molecule has 0 bridgehead atoms. The Morgan fingerprint density at radius 2 is 2.38 bits per heavy atom. The van der Waals surface area contributed by atoms with Crippen LogP contribution < -0.4 is 0 Å². The van der Waals surface area contributed by atoms with E-state index in [9.17, 15) is 0 Å². The second-order valence-electron chi connectivity index (χ2n) is 2.54. The lowest BCUT2D eigenvalue weighted by Crippen LogP contribution is -1.74. The molecule has 0 saturated heterocycles. The topological polar surface area (TPSA) is 49.8 Å². The molecule has 0 saturated carbocycles. The maximum absolute atomic E-state index is 8.64. The molecule has 0 spiro atoms. The van der Waals surface area contributed by atoms with E-state index in [4.69, 9.17) is 9.68 Å². The first-order valence-electron chi connectivity index (χ1n) is 3.69. The van der Waals surface area contributed by atoms with Crippen LogP contribution in [0, 0.1) is 11.3 Å². The average molecular weight is 237 g/mol. The molecule has 0 radical (unpaired) electrons. The fraction of sp³-hybridized carbons (Fsp3) is 0.111. The molecule has 64 valence electrons.